The molecule has 1 atom stereocenters. The SMILES string of the molecule is CN(C)C(=O)C1CCCN1C(=O)C1CCC1. The van der Waals surface area contributed by atoms with Gasteiger partial charge in [-0.15, -0.1) is 0 Å². The third-order valence-corrected chi connectivity index (χ3v) is 3.72. The van der Waals surface area contributed by atoms with Crippen molar-refractivity contribution in [3.05, 3.63) is 0 Å². The molecule has 16 heavy (non-hydrogen) atoms. The molecule has 0 aromatic heterocycles. The van der Waals surface area contributed by atoms with E-state index in [-0.39, 0.29) is 23.8 Å². The highest BCUT2D eigenvalue weighted by molar-refractivity contribution is 5.89. The molecule has 1 unspecified atom stereocenters. The van der Waals surface area contributed by atoms with E-state index >= 15 is 0 Å². The molecule has 0 aromatic carbocycles. The van der Waals surface area contributed by atoms with E-state index in [9.17, 15) is 9.59 Å². The predicted molar refractivity (Wildman–Crippen MR) is 60.8 cm³/mol. The second kappa shape index (κ2) is 4.44. The lowest BCUT2D eigenvalue weighted by Gasteiger charge is -2.33. The molecule has 0 N–H and O–H groups in total. The zero-order valence-corrected chi connectivity index (χ0v) is 10.1. The Labute approximate surface area is 96.6 Å². The van der Waals surface area contributed by atoms with Crippen molar-refractivity contribution < 1.29 is 9.59 Å². The predicted octanol–water partition coefficient (Wildman–Crippen LogP) is 0.866. The fourth-order valence-corrected chi connectivity index (χ4v) is 2.47. The minimum absolute atomic E-state index is 0.0742. The van der Waals surface area contributed by atoms with Gasteiger partial charge in [0.1, 0.15) is 6.04 Å². The van der Waals surface area contributed by atoms with Crippen LogP contribution in [0.3, 0.4) is 0 Å². The molecule has 4 nitrogen and oxygen atoms in total. The third kappa shape index (κ3) is 1.93. The summed E-state index contributed by atoms with van der Waals surface area (Å²) in [4.78, 5) is 27.4. The fraction of sp³-hybridized carbons (Fsp3) is 0.833. The van der Waals surface area contributed by atoms with Crippen molar-refractivity contribution in [1.29, 1.82) is 0 Å². The molecule has 1 aliphatic heterocycles. The zero-order valence-electron chi connectivity index (χ0n) is 10.1. The Balaban J connectivity index is 2.02. The summed E-state index contributed by atoms with van der Waals surface area (Å²) in [5.41, 5.74) is 0. The Morgan fingerprint density at radius 3 is 2.31 bits per heavy atom. The van der Waals surface area contributed by atoms with E-state index in [4.69, 9.17) is 0 Å². The van der Waals surface area contributed by atoms with Crippen molar-refractivity contribution in [2.24, 2.45) is 5.92 Å². The number of amides is 2. The van der Waals surface area contributed by atoms with Crippen molar-refractivity contribution in [3.8, 4) is 0 Å². The van der Waals surface area contributed by atoms with Crippen molar-refractivity contribution in [2.45, 2.75) is 38.1 Å². The first-order valence-corrected chi connectivity index (χ1v) is 6.13. The normalized spacial score (nSPS) is 25.4. The Kier molecular flexibility index (Phi) is 3.17. The Morgan fingerprint density at radius 2 is 1.81 bits per heavy atom. The van der Waals surface area contributed by atoms with E-state index in [1.807, 2.05) is 4.90 Å². The first-order chi connectivity index (χ1) is 7.61. The van der Waals surface area contributed by atoms with Crippen molar-refractivity contribution in [1.82, 2.24) is 9.80 Å². The molecule has 2 aliphatic rings. The molecule has 2 amide bonds. The minimum Gasteiger partial charge on any atom is -0.347 e. The van der Waals surface area contributed by atoms with Crippen molar-refractivity contribution >= 4 is 11.8 Å². The van der Waals surface area contributed by atoms with Gasteiger partial charge in [0.2, 0.25) is 11.8 Å². The van der Waals surface area contributed by atoms with Crippen LogP contribution in [-0.2, 0) is 9.59 Å². The molecule has 4 heteroatoms. The van der Waals surface area contributed by atoms with Crippen LogP contribution < -0.4 is 0 Å². The molecular weight excluding hydrogens is 204 g/mol. The molecule has 90 valence electrons. The van der Waals surface area contributed by atoms with Crippen LogP contribution in [0.25, 0.3) is 0 Å². The van der Waals surface area contributed by atoms with Gasteiger partial charge in [0.15, 0.2) is 0 Å². The van der Waals surface area contributed by atoms with Crippen LogP contribution in [0.15, 0.2) is 0 Å². The molecule has 1 heterocycles. The zero-order chi connectivity index (χ0) is 11.7. The van der Waals surface area contributed by atoms with Gasteiger partial charge in [-0.3, -0.25) is 9.59 Å². The lowest BCUT2D eigenvalue weighted by molar-refractivity contribution is -0.146. The Hall–Kier alpha value is -1.06. The van der Waals surface area contributed by atoms with E-state index in [1.165, 1.54) is 0 Å². The Bertz CT molecular complexity index is 297. The van der Waals surface area contributed by atoms with E-state index < -0.39 is 0 Å². The topological polar surface area (TPSA) is 40.6 Å². The maximum Gasteiger partial charge on any atom is 0.244 e. The van der Waals surface area contributed by atoms with Crippen LogP contribution in [0, 0.1) is 5.92 Å². The van der Waals surface area contributed by atoms with Gasteiger partial charge in [0.05, 0.1) is 0 Å². The molecular formula is C12H20N2O2. The van der Waals surface area contributed by atoms with Gasteiger partial charge in [-0.2, -0.15) is 0 Å². The van der Waals surface area contributed by atoms with Crippen LogP contribution in [0.2, 0.25) is 0 Å². The average Bonchev–Trinajstić information content (AvgIpc) is 2.61. The van der Waals surface area contributed by atoms with E-state index in [1.54, 1.807) is 19.0 Å². The highest BCUT2D eigenvalue weighted by Crippen LogP contribution is 2.31. The van der Waals surface area contributed by atoms with Crippen molar-refractivity contribution in [2.75, 3.05) is 20.6 Å². The van der Waals surface area contributed by atoms with Gasteiger partial charge in [-0.25, -0.2) is 0 Å². The lowest BCUT2D eigenvalue weighted by atomic mass is 9.84. The van der Waals surface area contributed by atoms with E-state index in [0.29, 0.717) is 0 Å². The number of hydrogen-bond acceptors (Lipinski definition) is 2. The highest BCUT2D eigenvalue weighted by atomic mass is 16.2. The van der Waals surface area contributed by atoms with Gasteiger partial charge >= 0.3 is 0 Å². The van der Waals surface area contributed by atoms with Gasteiger partial charge in [-0.1, -0.05) is 6.42 Å². The number of likely N-dealkylation sites (tertiary alicyclic amines) is 1. The van der Waals surface area contributed by atoms with Crippen molar-refractivity contribution in [3.63, 3.8) is 0 Å². The van der Waals surface area contributed by atoms with Crippen LogP contribution >= 0.6 is 0 Å². The largest absolute Gasteiger partial charge is 0.347 e. The van der Waals surface area contributed by atoms with Crippen LogP contribution in [-0.4, -0.2) is 48.3 Å². The smallest absolute Gasteiger partial charge is 0.244 e. The number of rotatable bonds is 2. The molecule has 2 fully saturated rings. The second-order valence-electron chi connectivity index (χ2n) is 5.05. The van der Waals surface area contributed by atoms with Gasteiger partial charge in [0.25, 0.3) is 0 Å². The molecule has 2 rings (SSSR count). The monoisotopic (exact) mass is 224 g/mol. The maximum atomic E-state index is 12.1. The summed E-state index contributed by atoms with van der Waals surface area (Å²) in [6.07, 6.45) is 4.98. The standard InChI is InChI=1S/C12H20N2O2/c1-13(2)12(16)10-7-4-8-14(10)11(15)9-5-3-6-9/h9-10H,3-8H2,1-2H3. The summed E-state index contributed by atoms with van der Waals surface area (Å²) in [6.45, 7) is 0.763. The number of carbonyl (C=O) groups excluding carboxylic acids is 2. The molecule has 1 saturated heterocycles. The first kappa shape index (κ1) is 11.4. The van der Waals surface area contributed by atoms with E-state index in [0.717, 1.165) is 38.6 Å². The Morgan fingerprint density at radius 1 is 1.12 bits per heavy atom. The summed E-state index contributed by atoms with van der Waals surface area (Å²) in [5, 5.41) is 0. The first-order valence-electron chi connectivity index (χ1n) is 6.13. The molecule has 0 radical (unpaired) electrons. The summed E-state index contributed by atoms with van der Waals surface area (Å²) in [6, 6.07) is -0.192. The molecule has 0 aromatic rings. The van der Waals surface area contributed by atoms with Gasteiger partial charge in [-0.05, 0) is 25.7 Å². The summed E-state index contributed by atoms with van der Waals surface area (Å²) in [7, 11) is 3.51. The van der Waals surface area contributed by atoms with Gasteiger partial charge in [0, 0.05) is 26.6 Å². The second-order valence-corrected chi connectivity index (χ2v) is 5.05. The van der Waals surface area contributed by atoms with E-state index in [2.05, 4.69) is 0 Å². The number of likely N-dealkylation sites (N-methyl/N-ethyl adjacent to an activating group) is 1. The summed E-state index contributed by atoms with van der Waals surface area (Å²) >= 11 is 0. The molecule has 1 aliphatic carbocycles. The summed E-state index contributed by atoms with van der Waals surface area (Å²) < 4.78 is 0. The quantitative estimate of drug-likeness (QED) is 0.698. The third-order valence-electron chi connectivity index (χ3n) is 3.72. The molecule has 1 saturated carbocycles. The minimum atomic E-state index is -0.192. The number of nitrogens with zero attached hydrogens (tertiary/aromatic N) is 2. The van der Waals surface area contributed by atoms with Crippen LogP contribution in [0.5, 0.6) is 0 Å². The number of carbonyl (C=O) groups is 2. The average molecular weight is 224 g/mol. The van der Waals surface area contributed by atoms with Crippen LogP contribution in [0.4, 0.5) is 0 Å². The maximum absolute atomic E-state index is 12.1. The fourth-order valence-electron chi connectivity index (χ4n) is 2.47. The molecule has 0 spiro atoms. The lowest BCUT2D eigenvalue weighted by Crippen LogP contribution is -2.48. The van der Waals surface area contributed by atoms with Gasteiger partial charge < -0.3 is 9.80 Å². The summed E-state index contributed by atoms with van der Waals surface area (Å²) in [5.74, 6) is 0.490. The number of hydrogen-bond donors (Lipinski definition) is 0. The highest BCUT2D eigenvalue weighted by Gasteiger charge is 2.39. The van der Waals surface area contributed by atoms with Crippen LogP contribution in [0.1, 0.15) is 32.1 Å². The molecule has 0 bridgehead atoms.